The summed E-state index contributed by atoms with van der Waals surface area (Å²) < 4.78 is 4.34. The van der Waals surface area contributed by atoms with Crippen LogP contribution >= 0.6 is 11.8 Å². The van der Waals surface area contributed by atoms with E-state index >= 15 is 0 Å². The molecule has 0 aliphatic heterocycles. The number of carboxylic acids is 1. The van der Waals surface area contributed by atoms with Gasteiger partial charge >= 0.3 is 11.9 Å². The highest BCUT2D eigenvalue weighted by Crippen LogP contribution is 2.01. The van der Waals surface area contributed by atoms with E-state index in [0.717, 1.165) is 11.8 Å². The number of methoxy groups -OCH3 is 1. The molecule has 0 aromatic heterocycles. The number of carboxylic acid groups (broad SMARTS) is 1. The van der Waals surface area contributed by atoms with Gasteiger partial charge in [0.05, 0.1) is 12.9 Å². The first-order chi connectivity index (χ1) is 5.57. The minimum atomic E-state index is -0.919. The molecule has 0 aliphatic carbocycles. The number of nitrogens with two attached hydrogens (primary N) is 1. The normalized spacial score (nSPS) is 12.2. The molecule has 1 unspecified atom stereocenters. The van der Waals surface area contributed by atoms with Crippen LogP contribution in [0.4, 0.5) is 0 Å². The Bertz CT molecular complexity index is 173. The average Bonchev–Trinajstić information content (AvgIpc) is 2.02. The van der Waals surface area contributed by atoms with Crippen LogP contribution in [0.2, 0.25) is 0 Å². The first kappa shape index (κ1) is 11.2. The van der Waals surface area contributed by atoms with Crippen molar-refractivity contribution in [3.63, 3.8) is 0 Å². The summed E-state index contributed by atoms with van der Waals surface area (Å²) in [6.07, 6.45) is 0. The molecule has 0 spiro atoms. The minimum absolute atomic E-state index is 0.0509. The van der Waals surface area contributed by atoms with Crippen LogP contribution in [0, 0.1) is 0 Å². The molecule has 0 bridgehead atoms. The van der Waals surface area contributed by atoms with Crippen molar-refractivity contribution in [2.24, 2.45) is 5.73 Å². The highest BCUT2D eigenvalue weighted by Gasteiger charge is 2.13. The van der Waals surface area contributed by atoms with Gasteiger partial charge < -0.3 is 15.6 Å². The van der Waals surface area contributed by atoms with Gasteiger partial charge in [-0.05, 0) is 0 Å². The maximum absolute atomic E-state index is 10.7. The van der Waals surface area contributed by atoms with Gasteiger partial charge in [-0.2, -0.15) is 0 Å². The standard InChI is InChI=1S/C6H11NO4S/c1-11-6(10)4(7)2-12-3-5(8)9/h4H,2-3,7H2,1H3,(H,8,9). The number of aliphatic carboxylic acids is 1. The van der Waals surface area contributed by atoms with E-state index in [4.69, 9.17) is 10.8 Å². The van der Waals surface area contributed by atoms with E-state index < -0.39 is 18.0 Å². The van der Waals surface area contributed by atoms with E-state index in [1.807, 2.05) is 0 Å². The van der Waals surface area contributed by atoms with Crippen molar-refractivity contribution >= 4 is 23.7 Å². The van der Waals surface area contributed by atoms with Gasteiger partial charge in [0.15, 0.2) is 0 Å². The molecule has 0 fully saturated rings. The van der Waals surface area contributed by atoms with Gasteiger partial charge in [0.1, 0.15) is 6.04 Å². The second-order valence-corrected chi connectivity index (χ2v) is 3.07. The third kappa shape index (κ3) is 4.97. The zero-order valence-corrected chi connectivity index (χ0v) is 7.47. The lowest BCUT2D eigenvalue weighted by molar-refractivity contribution is -0.141. The van der Waals surface area contributed by atoms with Gasteiger partial charge in [-0.1, -0.05) is 0 Å². The fourth-order valence-corrected chi connectivity index (χ4v) is 1.18. The lowest BCUT2D eigenvalue weighted by Crippen LogP contribution is -2.34. The van der Waals surface area contributed by atoms with E-state index in [2.05, 4.69) is 4.74 Å². The molecule has 0 amide bonds. The van der Waals surface area contributed by atoms with Crippen LogP contribution in [0.15, 0.2) is 0 Å². The Morgan fingerprint density at radius 2 is 2.25 bits per heavy atom. The van der Waals surface area contributed by atoms with E-state index in [1.165, 1.54) is 7.11 Å². The second kappa shape index (κ2) is 5.84. The predicted octanol–water partition coefficient (Wildman–Crippen LogP) is -0.695. The summed E-state index contributed by atoms with van der Waals surface area (Å²) in [5.74, 6) is -1.23. The van der Waals surface area contributed by atoms with Crippen molar-refractivity contribution in [2.45, 2.75) is 6.04 Å². The van der Waals surface area contributed by atoms with Gasteiger partial charge in [0, 0.05) is 5.75 Å². The van der Waals surface area contributed by atoms with Crippen LogP contribution in [0.25, 0.3) is 0 Å². The molecule has 0 aliphatic rings. The number of rotatable bonds is 5. The Balaban J connectivity index is 3.50. The van der Waals surface area contributed by atoms with Gasteiger partial charge in [-0.3, -0.25) is 9.59 Å². The monoisotopic (exact) mass is 193 g/mol. The molecule has 0 heterocycles. The summed E-state index contributed by atoms with van der Waals surface area (Å²) in [7, 11) is 1.24. The van der Waals surface area contributed by atoms with Crippen LogP contribution in [0.5, 0.6) is 0 Å². The average molecular weight is 193 g/mol. The Hall–Kier alpha value is -0.750. The van der Waals surface area contributed by atoms with Crippen LogP contribution in [-0.2, 0) is 14.3 Å². The van der Waals surface area contributed by atoms with E-state index in [9.17, 15) is 9.59 Å². The van der Waals surface area contributed by atoms with Crippen molar-refractivity contribution in [2.75, 3.05) is 18.6 Å². The van der Waals surface area contributed by atoms with Crippen molar-refractivity contribution in [1.29, 1.82) is 0 Å². The molecule has 1 atom stereocenters. The highest BCUT2D eigenvalue weighted by molar-refractivity contribution is 8.00. The van der Waals surface area contributed by atoms with E-state index in [-0.39, 0.29) is 11.5 Å². The third-order valence-corrected chi connectivity index (χ3v) is 2.07. The quantitative estimate of drug-likeness (QED) is 0.561. The van der Waals surface area contributed by atoms with Crippen LogP contribution in [-0.4, -0.2) is 41.7 Å². The number of hydrogen-bond acceptors (Lipinski definition) is 5. The van der Waals surface area contributed by atoms with Crippen LogP contribution < -0.4 is 5.73 Å². The molecule has 0 saturated carbocycles. The minimum Gasteiger partial charge on any atom is -0.481 e. The lowest BCUT2D eigenvalue weighted by Gasteiger charge is -2.06. The zero-order valence-electron chi connectivity index (χ0n) is 6.65. The molecule has 3 N–H and O–H groups in total. The number of carbonyl (C=O) groups is 2. The fourth-order valence-electron chi connectivity index (χ4n) is 0.493. The van der Waals surface area contributed by atoms with E-state index in [1.54, 1.807) is 0 Å². The van der Waals surface area contributed by atoms with Crippen molar-refractivity contribution in [3.05, 3.63) is 0 Å². The lowest BCUT2D eigenvalue weighted by atomic mass is 10.4. The summed E-state index contributed by atoms with van der Waals surface area (Å²) in [6, 6.07) is -0.737. The first-order valence-electron chi connectivity index (χ1n) is 3.21. The summed E-state index contributed by atoms with van der Waals surface area (Å²) >= 11 is 1.09. The van der Waals surface area contributed by atoms with Crippen molar-refractivity contribution < 1.29 is 19.4 Å². The molecule has 70 valence electrons. The van der Waals surface area contributed by atoms with Gasteiger partial charge in [-0.25, -0.2) is 0 Å². The van der Waals surface area contributed by atoms with Gasteiger partial charge in [0.2, 0.25) is 0 Å². The maximum Gasteiger partial charge on any atom is 0.323 e. The Morgan fingerprint density at radius 1 is 1.67 bits per heavy atom. The molecule has 0 saturated heterocycles. The molecule has 0 aromatic rings. The summed E-state index contributed by atoms with van der Waals surface area (Å²) in [4.78, 5) is 20.7. The molecule has 0 radical (unpaired) electrons. The number of ether oxygens (including phenoxy) is 1. The van der Waals surface area contributed by atoms with Crippen LogP contribution in [0.3, 0.4) is 0 Å². The number of esters is 1. The third-order valence-electron chi connectivity index (χ3n) is 1.03. The molecule has 5 nitrogen and oxygen atoms in total. The summed E-state index contributed by atoms with van der Waals surface area (Å²) in [6.45, 7) is 0. The smallest absolute Gasteiger partial charge is 0.323 e. The highest BCUT2D eigenvalue weighted by atomic mass is 32.2. The molecule has 0 rings (SSSR count). The van der Waals surface area contributed by atoms with Crippen molar-refractivity contribution in [3.8, 4) is 0 Å². The molecular formula is C6H11NO4S. The molecule has 6 heteroatoms. The number of carbonyl (C=O) groups excluding carboxylic acids is 1. The molecule has 0 aromatic carbocycles. The Kier molecular flexibility index (Phi) is 5.48. The largest absolute Gasteiger partial charge is 0.481 e. The predicted molar refractivity (Wildman–Crippen MR) is 45.0 cm³/mol. The maximum atomic E-state index is 10.7. The number of thioether (sulfide) groups is 1. The summed E-state index contributed by atoms with van der Waals surface area (Å²) in [5.41, 5.74) is 5.33. The van der Waals surface area contributed by atoms with Gasteiger partial charge in [-0.15, -0.1) is 11.8 Å². The van der Waals surface area contributed by atoms with E-state index in [0.29, 0.717) is 0 Å². The topological polar surface area (TPSA) is 89.6 Å². The van der Waals surface area contributed by atoms with Crippen LogP contribution in [0.1, 0.15) is 0 Å². The SMILES string of the molecule is COC(=O)C(N)CSCC(=O)O. The van der Waals surface area contributed by atoms with Gasteiger partial charge in [0.25, 0.3) is 0 Å². The fraction of sp³-hybridized carbons (Fsp3) is 0.667. The Labute approximate surface area is 74.3 Å². The second-order valence-electron chi connectivity index (χ2n) is 2.04. The summed E-state index contributed by atoms with van der Waals surface area (Å²) in [5, 5.41) is 8.24. The zero-order chi connectivity index (χ0) is 9.56. The molecule has 12 heavy (non-hydrogen) atoms. The first-order valence-corrected chi connectivity index (χ1v) is 4.36. The Morgan fingerprint density at radius 3 is 2.67 bits per heavy atom. The number of hydrogen-bond donors (Lipinski definition) is 2. The van der Waals surface area contributed by atoms with Crippen molar-refractivity contribution in [1.82, 2.24) is 0 Å². The molecular weight excluding hydrogens is 182 g/mol.